The van der Waals surface area contributed by atoms with Crippen molar-refractivity contribution >= 4 is 16.7 Å². The minimum absolute atomic E-state index is 0.270. The van der Waals surface area contributed by atoms with Gasteiger partial charge in [0.25, 0.3) is 5.56 Å². The van der Waals surface area contributed by atoms with Gasteiger partial charge in [0.05, 0.1) is 6.20 Å². The zero-order valence-corrected chi connectivity index (χ0v) is 14.7. The summed E-state index contributed by atoms with van der Waals surface area (Å²) in [5, 5.41) is 15.5. The third-order valence-electron chi connectivity index (χ3n) is 4.42. The van der Waals surface area contributed by atoms with E-state index in [1.165, 1.54) is 19.2 Å². The lowest BCUT2D eigenvalue weighted by Gasteiger charge is -2.25. The molecule has 0 aliphatic rings. The topological polar surface area (TPSA) is 81.4 Å². The molecule has 0 amide bonds. The average molecular weight is 352 g/mol. The van der Waals surface area contributed by atoms with Gasteiger partial charge in [0, 0.05) is 11.5 Å². The van der Waals surface area contributed by atoms with Gasteiger partial charge in [0.2, 0.25) is 0 Å². The highest BCUT2D eigenvalue weighted by Gasteiger charge is 2.36. The fourth-order valence-electron chi connectivity index (χ4n) is 3.02. The van der Waals surface area contributed by atoms with Crippen molar-refractivity contribution in [3.05, 3.63) is 65.1 Å². The molecule has 6 heteroatoms. The molecule has 1 atom stereocenters. The monoisotopic (exact) mass is 352 g/mol. The zero-order valence-electron chi connectivity index (χ0n) is 14.7. The van der Waals surface area contributed by atoms with Gasteiger partial charge in [-0.15, -0.1) is 0 Å². The SMILES string of the molecule is CCCC(C)(C(=O)O)n1ncc(Oc2cccc3ccccc23)cc1=O. The summed E-state index contributed by atoms with van der Waals surface area (Å²) in [6.45, 7) is 3.36. The Morgan fingerprint density at radius 3 is 2.65 bits per heavy atom. The molecule has 1 N–H and O–H groups in total. The smallest absolute Gasteiger partial charge is 0.331 e. The molecule has 0 spiro atoms. The van der Waals surface area contributed by atoms with Crippen LogP contribution in [0.4, 0.5) is 0 Å². The maximum atomic E-state index is 12.5. The van der Waals surface area contributed by atoms with E-state index in [1.54, 1.807) is 0 Å². The van der Waals surface area contributed by atoms with E-state index in [9.17, 15) is 14.7 Å². The first-order valence-electron chi connectivity index (χ1n) is 8.44. The molecule has 134 valence electrons. The van der Waals surface area contributed by atoms with Crippen molar-refractivity contribution in [2.75, 3.05) is 0 Å². The second-order valence-corrected chi connectivity index (χ2v) is 6.35. The van der Waals surface area contributed by atoms with E-state index in [0.717, 1.165) is 15.5 Å². The molecule has 0 radical (unpaired) electrons. The van der Waals surface area contributed by atoms with Gasteiger partial charge in [0.1, 0.15) is 5.75 Å². The van der Waals surface area contributed by atoms with Gasteiger partial charge >= 0.3 is 5.97 Å². The molecule has 0 fully saturated rings. The van der Waals surface area contributed by atoms with E-state index >= 15 is 0 Å². The van der Waals surface area contributed by atoms with Crippen LogP contribution in [0.2, 0.25) is 0 Å². The lowest BCUT2D eigenvalue weighted by atomic mass is 9.96. The van der Waals surface area contributed by atoms with Crippen molar-refractivity contribution in [2.45, 2.75) is 32.2 Å². The lowest BCUT2D eigenvalue weighted by molar-refractivity contribution is -0.147. The minimum Gasteiger partial charge on any atom is -0.479 e. The van der Waals surface area contributed by atoms with Crippen LogP contribution >= 0.6 is 0 Å². The summed E-state index contributed by atoms with van der Waals surface area (Å²) in [7, 11) is 0. The van der Waals surface area contributed by atoms with Crippen molar-refractivity contribution in [1.29, 1.82) is 0 Å². The van der Waals surface area contributed by atoms with Crippen LogP contribution in [0.15, 0.2) is 59.5 Å². The summed E-state index contributed by atoms with van der Waals surface area (Å²) in [6, 6.07) is 14.7. The van der Waals surface area contributed by atoms with Crippen LogP contribution in [0.1, 0.15) is 26.7 Å². The van der Waals surface area contributed by atoms with Crippen molar-refractivity contribution in [3.8, 4) is 11.5 Å². The lowest BCUT2D eigenvalue weighted by Crippen LogP contribution is -2.46. The summed E-state index contributed by atoms with van der Waals surface area (Å²) in [6.07, 6.45) is 2.30. The molecule has 1 unspecified atom stereocenters. The van der Waals surface area contributed by atoms with E-state index < -0.39 is 17.1 Å². The van der Waals surface area contributed by atoms with Gasteiger partial charge in [0.15, 0.2) is 11.3 Å². The van der Waals surface area contributed by atoms with Crippen molar-refractivity contribution in [2.24, 2.45) is 0 Å². The molecule has 1 aromatic heterocycles. The Balaban J connectivity index is 1.97. The van der Waals surface area contributed by atoms with E-state index in [-0.39, 0.29) is 5.75 Å². The Labute approximate surface area is 150 Å². The van der Waals surface area contributed by atoms with Crippen LogP contribution in [-0.4, -0.2) is 20.9 Å². The molecular weight excluding hydrogens is 332 g/mol. The molecule has 0 saturated heterocycles. The maximum Gasteiger partial charge on any atom is 0.331 e. The highest BCUT2D eigenvalue weighted by atomic mass is 16.5. The number of fused-ring (bicyclic) bond motifs is 1. The fraction of sp³-hybridized carbons (Fsp3) is 0.250. The van der Waals surface area contributed by atoms with Gasteiger partial charge < -0.3 is 9.84 Å². The normalized spacial score (nSPS) is 13.3. The number of benzene rings is 2. The Bertz CT molecular complexity index is 1010. The number of hydrogen-bond acceptors (Lipinski definition) is 4. The molecule has 2 aromatic carbocycles. The van der Waals surface area contributed by atoms with Gasteiger partial charge in [-0.2, -0.15) is 5.10 Å². The molecule has 0 saturated carbocycles. The minimum atomic E-state index is -1.39. The number of aromatic nitrogens is 2. The third kappa shape index (κ3) is 3.18. The van der Waals surface area contributed by atoms with E-state index in [1.807, 2.05) is 49.4 Å². The summed E-state index contributed by atoms with van der Waals surface area (Å²) in [4.78, 5) is 24.1. The number of hydrogen-bond donors (Lipinski definition) is 1. The molecule has 6 nitrogen and oxygen atoms in total. The van der Waals surface area contributed by atoms with Crippen LogP contribution in [0.5, 0.6) is 11.5 Å². The summed E-state index contributed by atoms with van der Waals surface area (Å²) in [5.41, 5.74) is -1.90. The van der Waals surface area contributed by atoms with E-state index in [0.29, 0.717) is 18.6 Å². The predicted octanol–water partition coefficient (Wildman–Crippen LogP) is 3.79. The van der Waals surface area contributed by atoms with Gasteiger partial charge in [-0.25, -0.2) is 9.48 Å². The van der Waals surface area contributed by atoms with Crippen LogP contribution in [0, 0.1) is 0 Å². The number of nitrogens with zero attached hydrogens (tertiary/aromatic N) is 2. The third-order valence-corrected chi connectivity index (χ3v) is 4.42. The van der Waals surface area contributed by atoms with E-state index in [2.05, 4.69) is 5.10 Å². The summed E-state index contributed by atoms with van der Waals surface area (Å²) >= 11 is 0. The Kier molecular flexibility index (Phi) is 4.75. The Morgan fingerprint density at radius 2 is 1.96 bits per heavy atom. The summed E-state index contributed by atoms with van der Waals surface area (Å²) in [5.74, 6) is -0.208. The van der Waals surface area contributed by atoms with Crippen molar-refractivity contribution in [1.82, 2.24) is 9.78 Å². The maximum absolute atomic E-state index is 12.5. The summed E-state index contributed by atoms with van der Waals surface area (Å²) < 4.78 is 6.85. The standard InChI is InChI=1S/C20H20N2O4/c1-3-11-20(2,19(24)25)22-18(23)12-15(13-21-22)26-17-10-6-8-14-7-4-5-9-16(14)17/h4-10,12-13H,3,11H2,1-2H3,(H,24,25). The van der Waals surface area contributed by atoms with Crippen LogP contribution < -0.4 is 10.3 Å². The molecule has 26 heavy (non-hydrogen) atoms. The van der Waals surface area contributed by atoms with Gasteiger partial charge in [-0.1, -0.05) is 49.7 Å². The molecule has 3 rings (SSSR count). The second kappa shape index (κ2) is 7.00. The van der Waals surface area contributed by atoms with Crippen LogP contribution in [0.25, 0.3) is 10.8 Å². The average Bonchev–Trinajstić information content (AvgIpc) is 2.62. The zero-order chi connectivity index (χ0) is 18.7. The van der Waals surface area contributed by atoms with Crippen molar-refractivity contribution in [3.63, 3.8) is 0 Å². The number of aliphatic carboxylic acids is 1. The first kappa shape index (κ1) is 17.7. The second-order valence-electron chi connectivity index (χ2n) is 6.35. The highest BCUT2D eigenvalue weighted by molar-refractivity contribution is 5.88. The number of rotatable bonds is 6. The Morgan fingerprint density at radius 1 is 1.23 bits per heavy atom. The van der Waals surface area contributed by atoms with Crippen molar-refractivity contribution < 1.29 is 14.6 Å². The number of ether oxygens (including phenoxy) is 1. The molecule has 0 bridgehead atoms. The molecule has 0 aliphatic carbocycles. The quantitative estimate of drug-likeness (QED) is 0.730. The molecule has 1 heterocycles. The first-order valence-corrected chi connectivity index (χ1v) is 8.44. The molecule has 0 aliphatic heterocycles. The largest absolute Gasteiger partial charge is 0.479 e. The predicted molar refractivity (Wildman–Crippen MR) is 98.7 cm³/mol. The van der Waals surface area contributed by atoms with Crippen LogP contribution in [0.3, 0.4) is 0 Å². The molecule has 3 aromatic rings. The van der Waals surface area contributed by atoms with Crippen LogP contribution in [-0.2, 0) is 10.3 Å². The number of carbonyl (C=O) groups is 1. The van der Waals surface area contributed by atoms with E-state index in [4.69, 9.17) is 4.74 Å². The first-order chi connectivity index (χ1) is 12.5. The van der Waals surface area contributed by atoms with Gasteiger partial charge in [-0.3, -0.25) is 4.79 Å². The van der Waals surface area contributed by atoms with Gasteiger partial charge in [-0.05, 0) is 24.8 Å². The fourth-order valence-corrected chi connectivity index (χ4v) is 3.02. The highest BCUT2D eigenvalue weighted by Crippen LogP contribution is 2.29. The number of carboxylic acids is 1. The number of carboxylic acid groups (broad SMARTS) is 1. The Hall–Kier alpha value is -3.15. The molecular formula is C20H20N2O4.